The van der Waals surface area contributed by atoms with Gasteiger partial charge in [0.1, 0.15) is 10.8 Å². The minimum atomic E-state index is -0.747. The Morgan fingerprint density at radius 1 is 1.17 bits per heavy atom. The topological polar surface area (TPSA) is 51.2 Å². The first-order valence-corrected chi connectivity index (χ1v) is 10.3. The van der Waals surface area contributed by atoms with Crippen LogP contribution in [0.2, 0.25) is 0 Å². The van der Waals surface area contributed by atoms with Crippen LogP contribution in [-0.4, -0.2) is 24.0 Å². The predicted molar refractivity (Wildman–Crippen MR) is 110 cm³/mol. The molecule has 0 aliphatic heterocycles. The quantitative estimate of drug-likeness (QED) is 0.504. The van der Waals surface area contributed by atoms with Crippen LogP contribution in [0.1, 0.15) is 24.1 Å². The molecular formula is C22H22F2N2O2S. The van der Waals surface area contributed by atoms with Gasteiger partial charge in [-0.15, -0.1) is 11.3 Å². The average Bonchev–Trinajstić information content (AvgIpc) is 3.16. The number of aryl methyl sites for hydroxylation is 1. The number of ether oxygens (including phenoxy) is 1. The molecule has 0 bridgehead atoms. The van der Waals surface area contributed by atoms with E-state index in [-0.39, 0.29) is 24.7 Å². The van der Waals surface area contributed by atoms with E-state index in [0.29, 0.717) is 19.4 Å². The molecule has 152 valence electrons. The smallest absolute Gasteiger partial charge is 0.220 e. The molecule has 1 N–H and O–H groups in total. The van der Waals surface area contributed by atoms with Crippen molar-refractivity contribution in [3.8, 4) is 16.3 Å². The number of nitrogens with one attached hydrogen (secondary N) is 1. The van der Waals surface area contributed by atoms with Crippen molar-refractivity contribution in [1.82, 2.24) is 10.3 Å². The molecule has 0 fully saturated rings. The number of amides is 1. The van der Waals surface area contributed by atoms with Crippen LogP contribution < -0.4 is 10.1 Å². The van der Waals surface area contributed by atoms with Crippen LogP contribution in [0.15, 0.2) is 47.8 Å². The number of benzene rings is 2. The lowest BCUT2D eigenvalue weighted by molar-refractivity contribution is -0.121. The maximum absolute atomic E-state index is 13.4. The molecule has 0 atom stereocenters. The summed E-state index contributed by atoms with van der Waals surface area (Å²) in [6.07, 6.45) is 1.37. The molecule has 0 unspecified atom stereocenters. The van der Waals surface area contributed by atoms with Crippen LogP contribution in [0.4, 0.5) is 8.78 Å². The SMILES string of the molecule is Cc1ccc(-c2nc(CCNC(=O)CCCOc3ccc(F)cc3F)cs2)cc1. The van der Waals surface area contributed by atoms with Crippen LogP contribution >= 0.6 is 11.3 Å². The predicted octanol–water partition coefficient (Wildman–Crippen LogP) is 4.91. The largest absolute Gasteiger partial charge is 0.491 e. The number of nitrogens with zero attached hydrogens (tertiary/aromatic N) is 1. The Morgan fingerprint density at radius 3 is 2.72 bits per heavy atom. The van der Waals surface area contributed by atoms with Gasteiger partial charge < -0.3 is 10.1 Å². The Balaban J connectivity index is 1.34. The molecule has 3 aromatic rings. The third-order valence-corrected chi connectivity index (χ3v) is 5.19. The highest BCUT2D eigenvalue weighted by Crippen LogP contribution is 2.24. The van der Waals surface area contributed by atoms with E-state index in [2.05, 4.69) is 34.6 Å². The maximum atomic E-state index is 13.4. The summed E-state index contributed by atoms with van der Waals surface area (Å²) in [6, 6.07) is 11.4. The third-order valence-electron chi connectivity index (χ3n) is 4.25. The van der Waals surface area contributed by atoms with Crippen molar-refractivity contribution in [3.63, 3.8) is 0 Å². The van der Waals surface area contributed by atoms with Gasteiger partial charge in [-0.25, -0.2) is 13.8 Å². The van der Waals surface area contributed by atoms with Crippen LogP contribution in [-0.2, 0) is 11.2 Å². The van der Waals surface area contributed by atoms with E-state index in [9.17, 15) is 13.6 Å². The fraction of sp³-hybridized carbons (Fsp3) is 0.273. The first kappa shape index (κ1) is 20.9. The molecule has 0 aliphatic carbocycles. The van der Waals surface area contributed by atoms with E-state index in [0.717, 1.165) is 28.4 Å². The van der Waals surface area contributed by atoms with Crippen LogP contribution in [0.25, 0.3) is 10.6 Å². The molecule has 1 heterocycles. The second-order valence-corrected chi connectivity index (χ2v) is 7.49. The van der Waals surface area contributed by atoms with Gasteiger partial charge >= 0.3 is 0 Å². The van der Waals surface area contributed by atoms with E-state index >= 15 is 0 Å². The minimum absolute atomic E-state index is 0.0141. The molecule has 0 radical (unpaired) electrons. The number of rotatable bonds is 9. The molecule has 4 nitrogen and oxygen atoms in total. The first-order chi connectivity index (χ1) is 14.0. The summed E-state index contributed by atoms with van der Waals surface area (Å²) in [6.45, 7) is 2.73. The number of thiazole rings is 1. The van der Waals surface area contributed by atoms with Gasteiger partial charge in [0.05, 0.1) is 12.3 Å². The minimum Gasteiger partial charge on any atom is -0.491 e. The van der Waals surface area contributed by atoms with Gasteiger partial charge in [0.15, 0.2) is 11.6 Å². The molecule has 1 aromatic heterocycles. The summed E-state index contributed by atoms with van der Waals surface area (Å²) < 4.78 is 31.5. The number of hydrogen-bond acceptors (Lipinski definition) is 4. The number of aromatic nitrogens is 1. The third kappa shape index (κ3) is 6.35. The lowest BCUT2D eigenvalue weighted by Crippen LogP contribution is -2.25. The molecule has 2 aromatic carbocycles. The van der Waals surface area contributed by atoms with Gasteiger partial charge in [-0.2, -0.15) is 0 Å². The maximum Gasteiger partial charge on any atom is 0.220 e. The molecule has 0 spiro atoms. The normalized spacial score (nSPS) is 10.7. The summed E-state index contributed by atoms with van der Waals surface area (Å²) in [5.74, 6) is -1.51. The molecule has 0 saturated carbocycles. The average molecular weight is 416 g/mol. The van der Waals surface area contributed by atoms with Crippen molar-refractivity contribution in [1.29, 1.82) is 0 Å². The Kier molecular flexibility index (Phi) is 7.30. The molecule has 7 heteroatoms. The van der Waals surface area contributed by atoms with Crippen molar-refractivity contribution in [2.45, 2.75) is 26.2 Å². The van der Waals surface area contributed by atoms with E-state index in [1.165, 1.54) is 11.6 Å². The Bertz CT molecular complexity index is 958. The van der Waals surface area contributed by atoms with Gasteiger partial charge in [-0.1, -0.05) is 29.8 Å². The molecular weight excluding hydrogens is 394 g/mol. The molecule has 0 aliphatic rings. The second-order valence-electron chi connectivity index (χ2n) is 6.64. The van der Waals surface area contributed by atoms with Crippen molar-refractivity contribution < 1.29 is 18.3 Å². The first-order valence-electron chi connectivity index (χ1n) is 9.37. The van der Waals surface area contributed by atoms with Gasteiger partial charge in [-0.05, 0) is 25.5 Å². The van der Waals surface area contributed by atoms with E-state index < -0.39 is 11.6 Å². The fourth-order valence-corrected chi connectivity index (χ4v) is 3.54. The van der Waals surface area contributed by atoms with Gasteiger partial charge in [0.25, 0.3) is 0 Å². The van der Waals surface area contributed by atoms with E-state index in [1.54, 1.807) is 11.3 Å². The van der Waals surface area contributed by atoms with Crippen molar-refractivity contribution in [3.05, 3.63) is 70.7 Å². The highest BCUT2D eigenvalue weighted by molar-refractivity contribution is 7.13. The van der Waals surface area contributed by atoms with Crippen LogP contribution in [0.3, 0.4) is 0 Å². The summed E-state index contributed by atoms with van der Waals surface area (Å²) in [4.78, 5) is 16.5. The Morgan fingerprint density at radius 2 is 1.97 bits per heavy atom. The molecule has 0 saturated heterocycles. The molecule has 1 amide bonds. The van der Waals surface area contributed by atoms with Crippen LogP contribution in [0.5, 0.6) is 5.75 Å². The zero-order valence-corrected chi connectivity index (χ0v) is 16.9. The van der Waals surface area contributed by atoms with E-state index in [4.69, 9.17) is 4.74 Å². The standard InChI is InChI=1S/C22H22F2N2O2S/c1-15-4-6-16(7-5-15)22-26-18(14-29-22)10-11-25-21(27)3-2-12-28-20-9-8-17(23)13-19(20)24/h4-9,13-14H,2-3,10-12H2,1H3,(H,25,27). The number of hydrogen-bond donors (Lipinski definition) is 1. The molecule has 29 heavy (non-hydrogen) atoms. The van der Waals surface area contributed by atoms with E-state index in [1.807, 2.05) is 12.3 Å². The number of halogens is 2. The van der Waals surface area contributed by atoms with Crippen molar-refractivity contribution in [2.75, 3.05) is 13.2 Å². The zero-order valence-electron chi connectivity index (χ0n) is 16.1. The Hall–Kier alpha value is -2.80. The van der Waals surface area contributed by atoms with Gasteiger partial charge in [0.2, 0.25) is 5.91 Å². The highest BCUT2D eigenvalue weighted by Gasteiger charge is 2.07. The number of carbonyl (C=O) groups excluding carboxylic acids is 1. The summed E-state index contributed by atoms with van der Waals surface area (Å²) in [5.41, 5.74) is 3.25. The van der Waals surface area contributed by atoms with Gasteiger partial charge in [-0.3, -0.25) is 4.79 Å². The lowest BCUT2D eigenvalue weighted by atomic mass is 10.2. The second kappa shape index (κ2) is 10.1. The van der Waals surface area contributed by atoms with Crippen molar-refractivity contribution in [2.24, 2.45) is 0 Å². The fourth-order valence-electron chi connectivity index (χ4n) is 2.68. The van der Waals surface area contributed by atoms with Gasteiger partial charge in [0, 0.05) is 36.4 Å². The summed E-state index contributed by atoms with van der Waals surface area (Å²) >= 11 is 1.59. The highest BCUT2D eigenvalue weighted by atomic mass is 32.1. The molecule has 3 rings (SSSR count). The zero-order chi connectivity index (χ0) is 20.6. The monoisotopic (exact) mass is 416 g/mol. The number of carbonyl (C=O) groups is 1. The lowest BCUT2D eigenvalue weighted by Gasteiger charge is -2.07. The van der Waals surface area contributed by atoms with Crippen LogP contribution in [0, 0.1) is 18.6 Å². The van der Waals surface area contributed by atoms with Crippen molar-refractivity contribution >= 4 is 17.2 Å². The Labute approximate surface area is 172 Å². The summed E-state index contributed by atoms with van der Waals surface area (Å²) in [5, 5.41) is 5.83. The summed E-state index contributed by atoms with van der Waals surface area (Å²) in [7, 11) is 0.